The summed E-state index contributed by atoms with van der Waals surface area (Å²) >= 11 is 0. The van der Waals surface area contributed by atoms with Gasteiger partial charge < -0.3 is 24.8 Å². The quantitative estimate of drug-likeness (QED) is 0.515. The summed E-state index contributed by atoms with van der Waals surface area (Å²) in [4.78, 5) is 18.4. The third kappa shape index (κ3) is 5.41. The molecule has 1 saturated heterocycles. The molecular formula is C28H41N3O4. The number of nitrogens with one attached hydrogen (secondary N) is 2. The van der Waals surface area contributed by atoms with Gasteiger partial charge in [-0.1, -0.05) is 13.3 Å². The van der Waals surface area contributed by atoms with Crippen molar-refractivity contribution >= 4 is 22.6 Å². The van der Waals surface area contributed by atoms with E-state index in [1.54, 1.807) is 14.2 Å². The fourth-order valence-corrected chi connectivity index (χ4v) is 6.21. The minimum absolute atomic E-state index is 0.00800. The van der Waals surface area contributed by atoms with E-state index in [1.807, 2.05) is 25.1 Å². The fourth-order valence-electron chi connectivity index (χ4n) is 6.21. The summed E-state index contributed by atoms with van der Waals surface area (Å²) in [6.45, 7) is 7.63. The van der Waals surface area contributed by atoms with Gasteiger partial charge >= 0.3 is 0 Å². The van der Waals surface area contributed by atoms with E-state index in [4.69, 9.17) is 19.2 Å². The van der Waals surface area contributed by atoms with Crippen molar-refractivity contribution in [2.45, 2.75) is 71.1 Å². The highest BCUT2D eigenvalue weighted by Crippen LogP contribution is 2.44. The maximum Gasteiger partial charge on any atom is 0.223 e. The first-order valence-corrected chi connectivity index (χ1v) is 13.2. The number of rotatable bonds is 10. The molecule has 35 heavy (non-hydrogen) atoms. The van der Waals surface area contributed by atoms with Crippen molar-refractivity contribution in [2.24, 2.45) is 17.8 Å². The Morgan fingerprint density at radius 2 is 1.80 bits per heavy atom. The van der Waals surface area contributed by atoms with E-state index in [9.17, 15) is 4.79 Å². The lowest BCUT2D eigenvalue weighted by atomic mass is 9.63. The van der Waals surface area contributed by atoms with Gasteiger partial charge in [0.25, 0.3) is 0 Å². The van der Waals surface area contributed by atoms with Gasteiger partial charge in [-0.25, -0.2) is 4.98 Å². The molecule has 2 aromatic rings. The lowest BCUT2D eigenvalue weighted by molar-refractivity contribution is -0.144. The molecule has 2 N–H and O–H groups in total. The number of hydrogen-bond acceptors (Lipinski definition) is 6. The predicted octanol–water partition coefficient (Wildman–Crippen LogP) is 4.58. The Bertz CT molecular complexity index is 1010. The van der Waals surface area contributed by atoms with E-state index < -0.39 is 0 Å². The first-order valence-electron chi connectivity index (χ1n) is 13.2. The van der Waals surface area contributed by atoms with E-state index in [2.05, 4.69) is 30.5 Å². The zero-order valence-corrected chi connectivity index (χ0v) is 21.8. The minimum atomic E-state index is -0.129. The number of piperidine rings is 1. The van der Waals surface area contributed by atoms with E-state index in [0.29, 0.717) is 18.9 Å². The van der Waals surface area contributed by atoms with Crippen LogP contribution in [0.3, 0.4) is 0 Å². The molecule has 6 unspecified atom stereocenters. The van der Waals surface area contributed by atoms with Crippen LogP contribution in [-0.2, 0) is 20.7 Å². The zero-order valence-electron chi connectivity index (χ0n) is 21.8. The standard InChI is InChI=1S/C28H41N3O4/c1-6-9-24-21-16-26(34-5)25(33-4)15-20(21)22(28(32)31-24)14-18-12-17-13-19(35-8-3)10-11-23(17)30-27(18)29-7-2/h10-13,20-22,24-26H,6-9,14-16H2,1-5H3,(H,29,30)(H,31,32). The number of amides is 1. The van der Waals surface area contributed by atoms with Crippen LogP contribution in [0.4, 0.5) is 5.82 Å². The topological polar surface area (TPSA) is 81.7 Å². The predicted molar refractivity (Wildman–Crippen MR) is 139 cm³/mol. The Balaban J connectivity index is 1.69. The van der Waals surface area contributed by atoms with Gasteiger partial charge in [0.1, 0.15) is 11.6 Å². The summed E-state index contributed by atoms with van der Waals surface area (Å²) in [6, 6.07) is 8.37. The minimum Gasteiger partial charge on any atom is -0.494 e. The van der Waals surface area contributed by atoms with Gasteiger partial charge in [0.15, 0.2) is 0 Å². The molecule has 2 aliphatic rings. The number of pyridine rings is 1. The van der Waals surface area contributed by atoms with Crippen LogP contribution in [0.1, 0.15) is 52.0 Å². The molecule has 7 heteroatoms. The largest absolute Gasteiger partial charge is 0.494 e. The Kier molecular flexibility index (Phi) is 8.50. The van der Waals surface area contributed by atoms with Gasteiger partial charge in [0.05, 0.1) is 24.3 Å². The number of fused-ring (bicyclic) bond motifs is 2. The highest BCUT2D eigenvalue weighted by atomic mass is 16.5. The van der Waals surface area contributed by atoms with Crippen LogP contribution in [0.2, 0.25) is 0 Å². The van der Waals surface area contributed by atoms with Crippen LogP contribution in [0.5, 0.6) is 5.75 Å². The summed E-state index contributed by atoms with van der Waals surface area (Å²) < 4.78 is 17.4. The highest BCUT2D eigenvalue weighted by Gasteiger charge is 2.49. The molecule has 1 aliphatic heterocycles. The van der Waals surface area contributed by atoms with Gasteiger partial charge in [0.2, 0.25) is 5.91 Å². The van der Waals surface area contributed by atoms with Crippen LogP contribution in [0, 0.1) is 17.8 Å². The van der Waals surface area contributed by atoms with Gasteiger partial charge in [-0.3, -0.25) is 4.79 Å². The third-order valence-electron chi connectivity index (χ3n) is 7.84. The second-order valence-corrected chi connectivity index (χ2v) is 9.88. The van der Waals surface area contributed by atoms with Crippen LogP contribution >= 0.6 is 0 Å². The molecule has 0 bridgehead atoms. The lowest BCUT2D eigenvalue weighted by Gasteiger charge is -2.49. The summed E-state index contributed by atoms with van der Waals surface area (Å²) in [6.07, 6.45) is 4.50. The molecule has 1 aromatic heterocycles. The van der Waals surface area contributed by atoms with Gasteiger partial charge in [0, 0.05) is 38.1 Å². The molecule has 1 saturated carbocycles. The molecule has 6 atom stereocenters. The lowest BCUT2D eigenvalue weighted by Crippen LogP contribution is -2.59. The molecule has 1 aromatic carbocycles. The Labute approximate surface area is 209 Å². The number of hydrogen-bond donors (Lipinski definition) is 2. The Morgan fingerprint density at radius 3 is 2.46 bits per heavy atom. The number of anilines is 1. The number of methoxy groups -OCH3 is 2. The maximum atomic E-state index is 13.5. The molecule has 0 radical (unpaired) electrons. The van der Waals surface area contributed by atoms with E-state index in [1.165, 1.54) is 0 Å². The van der Waals surface area contributed by atoms with Crippen molar-refractivity contribution in [3.8, 4) is 5.75 Å². The Morgan fingerprint density at radius 1 is 1.06 bits per heavy atom. The van der Waals surface area contributed by atoms with Crippen molar-refractivity contribution in [3.63, 3.8) is 0 Å². The SMILES string of the molecule is CCCC1NC(=O)C(Cc2cc3cc(OCC)ccc3nc2NCC)C2CC(OC)C(OC)CC12. The smallest absolute Gasteiger partial charge is 0.223 e. The number of ether oxygens (including phenoxy) is 3. The summed E-state index contributed by atoms with van der Waals surface area (Å²) in [5.41, 5.74) is 1.99. The second kappa shape index (κ2) is 11.6. The van der Waals surface area contributed by atoms with Gasteiger partial charge in [-0.05, 0) is 81.2 Å². The first-order chi connectivity index (χ1) is 17.0. The van der Waals surface area contributed by atoms with Gasteiger partial charge in [-0.15, -0.1) is 0 Å². The summed E-state index contributed by atoms with van der Waals surface area (Å²) in [7, 11) is 3.52. The number of nitrogens with zero attached hydrogens (tertiary/aromatic N) is 1. The number of benzene rings is 1. The van der Waals surface area contributed by atoms with Crippen LogP contribution in [0.25, 0.3) is 10.9 Å². The van der Waals surface area contributed by atoms with Crippen LogP contribution < -0.4 is 15.4 Å². The molecule has 7 nitrogen and oxygen atoms in total. The van der Waals surface area contributed by atoms with Crippen molar-refractivity contribution in [2.75, 3.05) is 32.7 Å². The molecule has 4 rings (SSSR count). The third-order valence-corrected chi connectivity index (χ3v) is 7.84. The molecule has 1 aliphatic carbocycles. The molecule has 192 valence electrons. The first kappa shape index (κ1) is 25.7. The van der Waals surface area contributed by atoms with Crippen LogP contribution in [0.15, 0.2) is 24.3 Å². The average Bonchev–Trinajstić information content (AvgIpc) is 2.86. The average molecular weight is 484 g/mol. The second-order valence-electron chi connectivity index (χ2n) is 9.88. The Hall–Kier alpha value is -2.38. The van der Waals surface area contributed by atoms with Crippen LogP contribution in [-0.4, -0.2) is 56.5 Å². The number of carbonyl (C=O) groups is 1. The molecule has 1 amide bonds. The van der Waals surface area contributed by atoms with E-state index in [-0.39, 0.29) is 36.0 Å². The monoisotopic (exact) mass is 483 g/mol. The van der Waals surface area contributed by atoms with Crippen molar-refractivity contribution in [1.82, 2.24) is 10.3 Å². The van der Waals surface area contributed by atoms with E-state index >= 15 is 0 Å². The normalized spacial score (nSPS) is 28.4. The molecule has 2 fully saturated rings. The number of carbonyl (C=O) groups excluding carboxylic acids is 1. The van der Waals surface area contributed by atoms with Crippen molar-refractivity contribution in [3.05, 3.63) is 29.8 Å². The maximum absolute atomic E-state index is 13.5. The molecule has 0 spiro atoms. The molecule has 2 heterocycles. The molecular weight excluding hydrogens is 442 g/mol. The highest BCUT2D eigenvalue weighted by molar-refractivity contribution is 5.84. The van der Waals surface area contributed by atoms with Crippen molar-refractivity contribution in [1.29, 1.82) is 0 Å². The van der Waals surface area contributed by atoms with Crippen molar-refractivity contribution < 1.29 is 19.0 Å². The zero-order chi connectivity index (χ0) is 24.9. The summed E-state index contributed by atoms with van der Waals surface area (Å²) in [5, 5.41) is 7.84. The fraction of sp³-hybridized carbons (Fsp3) is 0.643. The van der Waals surface area contributed by atoms with Gasteiger partial charge in [-0.2, -0.15) is 0 Å². The number of aromatic nitrogens is 1. The summed E-state index contributed by atoms with van der Waals surface area (Å²) in [5.74, 6) is 2.35. The van der Waals surface area contributed by atoms with E-state index in [0.717, 1.165) is 60.3 Å².